The number of fused-ring (bicyclic) bond motifs is 1. The monoisotopic (exact) mass is 450 g/mol. The van der Waals surface area contributed by atoms with Crippen LogP contribution in [0.5, 0.6) is 5.75 Å². The predicted octanol–water partition coefficient (Wildman–Crippen LogP) is 2.67. The molecule has 11 heteroatoms. The topological polar surface area (TPSA) is 96.6 Å². The number of aliphatic hydroxyl groups excluding tert-OH is 1. The van der Waals surface area contributed by atoms with Gasteiger partial charge in [0.05, 0.1) is 25.5 Å². The highest BCUT2D eigenvalue weighted by Crippen LogP contribution is 2.40. The molecule has 3 aromatic rings. The van der Waals surface area contributed by atoms with Crippen LogP contribution in [0, 0.1) is 11.6 Å². The molecule has 3 heterocycles. The van der Waals surface area contributed by atoms with Crippen LogP contribution in [0.2, 0.25) is 0 Å². The highest BCUT2D eigenvalue weighted by Gasteiger charge is 2.33. The minimum absolute atomic E-state index is 0.00352. The molecule has 1 aliphatic rings. The number of halogens is 3. The highest BCUT2D eigenvalue weighted by atomic mass is 19.1. The number of nitrogens with one attached hydrogen (secondary N) is 2. The Bertz CT molecular complexity index is 1120. The molecule has 2 unspecified atom stereocenters. The Kier molecular flexibility index (Phi) is 6.20. The molecule has 8 nitrogen and oxygen atoms in total. The minimum Gasteiger partial charge on any atom is -0.495 e. The van der Waals surface area contributed by atoms with Gasteiger partial charge in [-0.3, -0.25) is 0 Å². The smallest absolute Gasteiger partial charge is 0.168 e. The number of ether oxygens (including phenoxy) is 1. The fourth-order valence-corrected chi connectivity index (χ4v) is 3.80. The zero-order valence-electron chi connectivity index (χ0n) is 17.9. The summed E-state index contributed by atoms with van der Waals surface area (Å²) in [6.07, 6.45) is 0.784. The number of rotatable bonds is 8. The summed E-state index contributed by atoms with van der Waals surface area (Å²) in [6, 6.07) is 1.61. The van der Waals surface area contributed by atoms with Crippen molar-refractivity contribution >= 4 is 11.5 Å². The van der Waals surface area contributed by atoms with Gasteiger partial charge < -0.3 is 20.5 Å². The molecule has 3 N–H and O–H groups in total. The Hall–Kier alpha value is -2.92. The highest BCUT2D eigenvalue weighted by molar-refractivity contribution is 5.63. The molecule has 0 saturated heterocycles. The molecule has 0 bridgehead atoms. The third kappa shape index (κ3) is 4.09. The molecule has 4 rings (SSSR count). The van der Waals surface area contributed by atoms with Crippen molar-refractivity contribution in [3.05, 3.63) is 35.7 Å². The number of pyridine rings is 1. The van der Waals surface area contributed by atoms with Gasteiger partial charge >= 0.3 is 0 Å². The summed E-state index contributed by atoms with van der Waals surface area (Å²) in [7, 11) is 3.16. The number of alkyl halides is 1. The summed E-state index contributed by atoms with van der Waals surface area (Å²) in [5, 5.41) is 19.8. The normalized spacial score (nSPS) is 20.1. The van der Waals surface area contributed by atoms with Gasteiger partial charge in [-0.2, -0.15) is 5.10 Å². The fraction of sp³-hybridized carbons (Fsp3) is 0.476. The van der Waals surface area contributed by atoms with Gasteiger partial charge in [0, 0.05) is 24.6 Å². The van der Waals surface area contributed by atoms with Crippen molar-refractivity contribution in [3.63, 3.8) is 0 Å². The minimum atomic E-state index is -1.30. The van der Waals surface area contributed by atoms with Gasteiger partial charge in [0.2, 0.25) is 0 Å². The van der Waals surface area contributed by atoms with Crippen LogP contribution in [0.3, 0.4) is 0 Å². The largest absolute Gasteiger partial charge is 0.495 e. The Balaban J connectivity index is 1.77. The summed E-state index contributed by atoms with van der Waals surface area (Å²) in [5.41, 5.74) is 1.05. The second-order valence-corrected chi connectivity index (χ2v) is 7.97. The van der Waals surface area contributed by atoms with E-state index in [1.165, 1.54) is 24.7 Å². The maximum absolute atomic E-state index is 14.8. The van der Waals surface area contributed by atoms with Crippen LogP contribution in [-0.4, -0.2) is 63.7 Å². The molecule has 1 aliphatic carbocycles. The summed E-state index contributed by atoms with van der Waals surface area (Å²) >= 11 is 0. The Morgan fingerprint density at radius 3 is 2.66 bits per heavy atom. The lowest BCUT2D eigenvalue weighted by Gasteiger charge is -2.31. The standard InChI is InChI=1S/C21H25F3N6O2/c1-10(22)15(8-25-2)27-21-14(24)6-13(23)20(28-21)16-9-26-18-7-17(32-3)19(29-30(16)18)11-4-12(31)5-11/h6-7,9-12,15,25,31H,4-5,8H2,1-3H3,(H,27,28). The van der Waals surface area contributed by atoms with Gasteiger partial charge in [0.25, 0.3) is 0 Å². The first-order chi connectivity index (χ1) is 15.3. The number of hydrogen-bond donors (Lipinski definition) is 3. The van der Waals surface area contributed by atoms with E-state index >= 15 is 0 Å². The maximum atomic E-state index is 14.8. The molecular formula is C21H25F3N6O2. The number of methoxy groups -OCH3 is 1. The molecular weight excluding hydrogens is 425 g/mol. The Morgan fingerprint density at radius 1 is 1.28 bits per heavy atom. The van der Waals surface area contributed by atoms with E-state index in [9.17, 15) is 18.3 Å². The summed E-state index contributed by atoms with van der Waals surface area (Å²) in [5.74, 6) is -1.58. The van der Waals surface area contributed by atoms with Gasteiger partial charge in [-0.25, -0.2) is 27.7 Å². The van der Waals surface area contributed by atoms with Crippen LogP contribution in [-0.2, 0) is 0 Å². The molecule has 0 spiro atoms. The van der Waals surface area contributed by atoms with Gasteiger partial charge in [0.15, 0.2) is 23.1 Å². The summed E-state index contributed by atoms with van der Waals surface area (Å²) < 4.78 is 49.9. The molecule has 0 amide bonds. The Labute approximate surface area is 182 Å². The predicted molar refractivity (Wildman–Crippen MR) is 113 cm³/mol. The average Bonchev–Trinajstić information content (AvgIpc) is 3.14. The van der Waals surface area contributed by atoms with Crippen molar-refractivity contribution in [1.82, 2.24) is 24.9 Å². The first-order valence-corrected chi connectivity index (χ1v) is 10.3. The van der Waals surface area contributed by atoms with Crippen LogP contribution in [0.25, 0.3) is 17.0 Å². The van der Waals surface area contributed by atoms with E-state index in [0.717, 1.165) is 0 Å². The summed E-state index contributed by atoms with van der Waals surface area (Å²) in [6.45, 7) is 1.57. The quantitative estimate of drug-likeness (QED) is 0.486. The lowest BCUT2D eigenvalue weighted by atomic mass is 9.80. The number of aliphatic hydroxyl groups is 1. The van der Waals surface area contributed by atoms with E-state index in [4.69, 9.17) is 4.74 Å². The van der Waals surface area contributed by atoms with E-state index in [0.29, 0.717) is 36.0 Å². The second-order valence-electron chi connectivity index (χ2n) is 7.97. The number of nitrogens with zero attached hydrogens (tertiary/aromatic N) is 4. The van der Waals surface area contributed by atoms with Crippen LogP contribution in [0.15, 0.2) is 18.3 Å². The number of aromatic nitrogens is 4. The third-order valence-corrected chi connectivity index (χ3v) is 5.68. The molecule has 32 heavy (non-hydrogen) atoms. The second kappa shape index (κ2) is 8.91. The van der Waals surface area contributed by atoms with Crippen LogP contribution in [0.4, 0.5) is 19.0 Å². The number of hydrogen-bond acceptors (Lipinski definition) is 7. The van der Waals surface area contributed by atoms with Gasteiger partial charge in [-0.1, -0.05) is 0 Å². The molecule has 2 atom stereocenters. The zero-order valence-corrected chi connectivity index (χ0v) is 17.9. The van der Waals surface area contributed by atoms with Crippen molar-refractivity contribution in [3.8, 4) is 17.1 Å². The average molecular weight is 450 g/mol. The molecule has 0 aliphatic heterocycles. The first kappa shape index (κ1) is 22.3. The molecule has 1 fully saturated rings. The zero-order chi connectivity index (χ0) is 23.0. The lowest BCUT2D eigenvalue weighted by Crippen LogP contribution is -2.38. The maximum Gasteiger partial charge on any atom is 0.168 e. The first-order valence-electron chi connectivity index (χ1n) is 10.3. The Morgan fingerprint density at radius 2 is 2.03 bits per heavy atom. The van der Waals surface area contributed by atoms with Crippen molar-refractivity contribution in [1.29, 1.82) is 0 Å². The van der Waals surface area contributed by atoms with Crippen molar-refractivity contribution < 1.29 is 23.0 Å². The van der Waals surface area contributed by atoms with Gasteiger partial charge in [-0.05, 0) is 26.8 Å². The van der Waals surface area contributed by atoms with Crippen molar-refractivity contribution in [2.24, 2.45) is 0 Å². The third-order valence-electron chi connectivity index (χ3n) is 5.68. The molecule has 0 radical (unpaired) electrons. The molecule has 3 aromatic heterocycles. The molecule has 1 saturated carbocycles. The SMILES string of the molecule is CNCC(Nc1nc(-c2cnc3cc(OC)c(C4CC(O)C4)nn23)c(F)cc1F)C(C)F. The van der Waals surface area contributed by atoms with E-state index in [-0.39, 0.29) is 29.7 Å². The van der Waals surface area contributed by atoms with Gasteiger partial charge in [0.1, 0.15) is 29.0 Å². The molecule has 172 valence electrons. The molecule has 0 aromatic carbocycles. The lowest BCUT2D eigenvalue weighted by molar-refractivity contribution is 0.0718. The van der Waals surface area contributed by atoms with Gasteiger partial charge in [-0.15, -0.1) is 0 Å². The number of imidazole rings is 1. The van der Waals surface area contributed by atoms with E-state index in [2.05, 4.69) is 25.7 Å². The number of anilines is 1. The van der Waals surface area contributed by atoms with Crippen molar-refractivity contribution in [2.45, 2.75) is 44.0 Å². The summed E-state index contributed by atoms with van der Waals surface area (Å²) in [4.78, 5) is 8.36. The van der Waals surface area contributed by atoms with E-state index in [1.54, 1.807) is 13.1 Å². The number of likely N-dealkylation sites (N-methyl/N-ethyl adjacent to an activating group) is 1. The van der Waals surface area contributed by atoms with Crippen LogP contribution >= 0.6 is 0 Å². The van der Waals surface area contributed by atoms with Crippen LogP contribution in [0.1, 0.15) is 31.4 Å². The van der Waals surface area contributed by atoms with E-state index < -0.39 is 30.0 Å². The van der Waals surface area contributed by atoms with Crippen LogP contribution < -0.4 is 15.4 Å². The van der Waals surface area contributed by atoms with Crippen molar-refractivity contribution in [2.75, 3.05) is 26.0 Å². The fourth-order valence-electron chi connectivity index (χ4n) is 3.80. The van der Waals surface area contributed by atoms with E-state index in [1.807, 2.05) is 0 Å².